The monoisotopic (exact) mass is 254 g/mol. The normalized spacial score (nSPS) is 9.94. The average Bonchev–Trinajstić information content (AvgIpc) is 2.42. The number of hydrogen-bond acceptors (Lipinski definition) is 6. The lowest BCUT2D eigenvalue weighted by Gasteiger charge is -2.08. The summed E-state index contributed by atoms with van der Waals surface area (Å²) in [7, 11) is 0. The van der Waals surface area contributed by atoms with Gasteiger partial charge < -0.3 is 0 Å². The van der Waals surface area contributed by atoms with Gasteiger partial charge in [0, 0.05) is 0 Å². The van der Waals surface area contributed by atoms with Crippen LogP contribution in [0.2, 0.25) is 0 Å². The molecule has 18 heavy (non-hydrogen) atoms. The second-order valence-electron chi connectivity index (χ2n) is 3.73. The quantitative estimate of drug-likeness (QED) is 0.618. The number of benzene rings is 1. The van der Waals surface area contributed by atoms with Gasteiger partial charge in [0.2, 0.25) is 0 Å². The summed E-state index contributed by atoms with van der Waals surface area (Å²) in [6.07, 6.45) is 2.26. The van der Waals surface area contributed by atoms with Crippen LogP contribution in [0.1, 0.15) is 46.0 Å². The number of carbonyl (C=O) groups is 2. The first-order valence-electron chi connectivity index (χ1n) is 5.48. The van der Waals surface area contributed by atoms with E-state index in [0.717, 1.165) is 12.8 Å². The molecule has 0 unspecified atom stereocenters. The average molecular weight is 254 g/mol. The number of aryl methyl sites for hydroxylation is 1. The van der Waals surface area contributed by atoms with E-state index in [4.69, 9.17) is 10.5 Å². The van der Waals surface area contributed by atoms with Crippen molar-refractivity contribution in [3.8, 4) is 0 Å². The molecule has 2 N–H and O–H groups in total. The Morgan fingerprint density at radius 3 is 2.39 bits per heavy atom. The van der Waals surface area contributed by atoms with Gasteiger partial charge in [-0.15, -0.1) is 0 Å². The van der Waals surface area contributed by atoms with Crippen LogP contribution in [0.5, 0.6) is 0 Å². The van der Waals surface area contributed by atoms with Crippen LogP contribution in [0.15, 0.2) is 18.2 Å². The molecule has 1 rings (SSSR count). The molecule has 0 aliphatic heterocycles. The summed E-state index contributed by atoms with van der Waals surface area (Å²) in [5, 5.41) is 16.7. The summed E-state index contributed by atoms with van der Waals surface area (Å²) >= 11 is 0. The molecule has 98 valence electrons. The van der Waals surface area contributed by atoms with Crippen molar-refractivity contribution < 1.29 is 29.9 Å². The maximum absolute atomic E-state index is 11.3. The lowest BCUT2D eigenvalue weighted by Crippen LogP contribution is -2.09. The van der Waals surface area contributed by atoms with E-state index in [1.165, 1.54) is 18.2 Å². The SMILES string of the molecule is CCCCc1cc(C(=O)OO)ccc1C(=O)OO. The molecular weight excluding hydrogens is 240 g/mol. The molecule has 0 saturated carbocycles. The van der Waals surface area contributed by atoms with Gasteiger partial charge in [-0.3, -0.25) is 9.78 Å². The van der Waals surface area contributed by atoms with Crippen molar-refractivity contribution in [2.24, 2.45) is 0 Å². The van der Waals surface area contributed by atoms with Crippen LogP contribution in [0.3, 0.4) is 0 Å². The standard InChI is InChI=1S/C12H14O6/c1-2-3-4-8-7-9(11(13)17-15)5-6-10(8)12(14)18-16/h5-7,15-16H,2-4H2,1H3. The van der Waals surface area contributed by atoms with Gasteiger partial charge in [0.15, 0.2) is 0 Å². The molecule has 0 amide bonds. The number of hydrogen-bond donors (Lipinski definition) is 2. The third kappa shape index (κ3) is 3.28. The van der Waals surface area contributed by atoms with Gasteiger partial charge in [-0.05, 0) is 36.6 Å². The summed E-state index contributed by atoms with van der Waals surface area (Å²) in [6, 6.07) is 4.08. The van der Waals surface area contributed by atoms with Crippen LogP contribution in [0.4, 0.5) is 0 Å². The molecule has 0 heterocycles. The van der Waals surface area contributed by atoms with Crippen LogP contribution in [0, 0.1) is 0 Å². The zero-order valence-electron chi connectivity index (χ0n) is 9.88. The summed E-state index contributed by atoms with van der Waals surface area (Å²) in [5.74, 6) is -1.79. The Bertz CT molecular complexity index is 440. The Hall–Kier alpha value is -1.92. The van der Waals surface area contributed by atoms with E-state index in [9.17, 15) is 9.59 Å². The third-order valence-electron chi connectivity index (χ3n) is 2.53. The highest BCUT2D eigenvalue weighted by atomic mass is 17.1. The second-order valence-corrected chi connectivity index (χ2v) is 3.73. The molecule has 0 spiro atoms. The summed E-state index contributed by atoms with van der Waals surface area (Å²) < 4.78 is 0. The van der Waals surface area contributed by atoms with Gasteiger partial charge in [0.05, 0.1) is 11.1 Å². The molecule has 6 heteroatoms. The zero-order valence-corrected chi connectivity index (χ0v) is 9.88. The molecule has 0 saturated heterocycles. The maximum Gasteiger partial charge on any atom is 0.373 e. The summed E-state index contributed by atoms with van der Waals surface area (Å²) in [6.45, 7) is 1.98. The first kappa shape index (κ1) is 14.1. The summed E-state index contributed by atoms with van der Waals surface area (Å²) in [4.78, 5) is 29.8. The summed E-state index contributed by atoms with van der Waals surface area (Å²) in [5.41, 5.74) is 0.859. The molecule has 1 aromatic rings. The Balaban J connectivity index is 3.11. The van der Waals surface area contributed by atoms with Gasteiger partial charge >= 0.3 is 11.9 Å². The van der Waals surface area contributed by atoms with Crippen LogP contribution >= 0.6 is 0 Å². The van der Waals surface area contributed by atoms with E-state index >= 15 is 0 Å². The predicted molar refractivity (Wildman–Crippen MR) is 61.1 cm³/mol. The lowest BCUT2D eigenvalue weighted by molar-refractivity contribution is -0.183. The molecule has 6 nitrogen and oxygen atoms in total. The van der Waals surface area contributed by atoms with Gasteiger partial charge in [-0.2, -0.15) is 10.5 Å². The Morgan fingerprint density at radius 1 is 1.17 bits per heavy atom. The second kappa shape index (κ2) is 6.73. The van der Waals surface area contributed by atoms with Crippen molar-refractivity contribution in [1.29, 1.82) is 0 Å². The van der Waals surface area contributed by atoms with E-state index in [0.29, 0.717) is 12.0 Å². The van der Waals surface area contributed by atoms with Crippen molar-refractivity contribution in [3.63, 3.8) is 0 Å². The van der Waals surface area contributed by atoms with Gasteiger partial charge in [-0.1, -0.05) is 13.3 Å². The van der Waals surface area contributed by atoms with E-state index < -0.39 is 11.9 Å². The minimum Gasteiger partial charge on any atom is -0.296 e. The first-order chi connectivity index (χ1) is 8.63. The van der Waals surface area contributed by atoms with Crippen molar-refractivity contribution in [2.45, 2.75) is 26.2 Å². The maximum atomic E-state index is 11.3. The van der Waals surface area contributed by atoms with Crippen molar-refractivity contribution in [2.75, 3.05) is 0 Å². The third-order valence-corrected chi connectivity index (χ3v) is 2.53. The molecule has 0 atom stereocenters. The largest absolute Gasteiger partial charge is 0.373 e. The van der Waals surface area contributed by atoms with Gasteiger partial charge in [0.1, 0.15) is 0 Å². The fourth-order valence-corrected chi connectivity index (χ4v) is 1.60. The number of carbonyl (C=O) groups excluding carboxylic acids is 2. The van der Waals surface area contributed by atoms with Crippen LogP contribution in [-0.2, 0) is 16.2 Å². The molecule has 0 fully saturated rings. The fraction of sp³-hybridized carbons (Fsp3) is 0.333. The Labute approximate surface area is 104 Å². The Kier molecular flexibility index (Phi) is 5.29. The topological polar surface area (TPSA) is 93.1 Å². The van der Waals surface area contributed by atoms with Crippen molar-refractivity contribution in [3.05, 3.63) is 34.9 Å². The minimum atomic E-state index is -0.906. The van der Waals surface area contributed by atoms with Crippen molar-refractivity contribution in [1.82, 2.24) is 0 Å². The van der Waals surface area contributed by atoms with Crippen molar-refractivity contribution >= 4 is 11.9 Å². The smallest absolute Gasteiger partial charge is 0.296 e. The minimum absolute atomic E-state index is 0.123. The molecule has 0 aliphatic rings. The predicted octanol–water partition coefficient (Wildman–Crippen LogP) is 2.29. The van der Waals surface area contributed by atoms with Crippen LogP contribution in [-0.4, -0.2) is 22.5 Å². The van der Waals surface area contributed by atoms with E-state index in [1.54, 1.807) is 0 Å². The first-order valence-corrected chi connectivity index (χ1v) is 5.48. The molecule has 0 radical (unpaired) electrons. The lowest BCUT2D eigenvalue weighted by atomic mass is 9.99. The Morgan fingerprint density at radius 2 is 1.83 bits per heavy atom. The van der Waals surface area contributed by atoms with E-state index in [1.807, 2.05) is 6.92 Å². The van der Waals surface area contributed by atoms with Gasteiger partial charge in [0.25, 0.3) is 0 Å². The number of rotatable bonds is 5. The zero-order chi connectivity index (χ0) is 13.5. The molecular formula is C12H14O6. The molecule has 0 aliphatic carbocycles. The molecule has 1 aromatic carbocycles. The molecule has 0 aromatic heterocycles. The highest BCUT2D eigenvalue weighted by molar-refractivity contribution is 5.94. The highest BCUT2D eigenvalue weighted by Crippen LogP contribution is 2.16. The van der Waals surface area contributed by atoms with E-state index in [-0.39, 0.29) is 11.1 Å². The fourth-order valence-electron chi connectivity index (χ4n) is 1.60. The van der Waals surface area contributed by atoms with Gasteiger partial charge in [-0.25, -0.2) is 9.59 Å². The molecule has 0 bridgehead atoms. The van der Waals surface area contributed by atoms with E-state index in [2.05, 4.69) is 9.78 Å². The highest BCUT2D eigenvalue weighted by Gasteiger charge is 2.16. The number of unbranched alkanes of at least 4 members (excludes halogenated alkanes) is 1. The van der Waals surface area contributed by atoms with Crippen LogP contribution in [0.25, 0.3) is 0 Å². The van der Waals surface area contributed by atoms with Crippen LogP contribution < -0.4 is 0 Å².